The van der Waals surface area contributed by atoms with Gasteiger partial charge in [0.25, 0.3) is 5.91 Å². The van der Waals surface area contributed by atoms with E-state index in [1.54, 1.807) is 33.9 Å². The Morgan fingerprint density at radius 2 is 1.88 bits per heavy atom. The Hall–Kier alpha value is -2.87. The zero-order chi connectivity index (χ0) is 27.7. The smallest absolute Gasteiger partial charge is 0.266 e. The number of benzene rings is 2. The van der Waals surface area contributed by atoms with Crippen molar-refractivity contribution in [2.75, 3.05) is 39.5 Å². The summed E-state index contributed by atoms with van der Waals surface area (Å²) < 4.78 is 41.5. The van der Waals surface area contributed by atoms with Crippen LogP contribution in [0.3, 0.4) is 0 Å². The maximum Gasteiger partial charge on any atom is 0.266 e. The molecule has 0 radical (unpaired) electrons. The van der Waals surface area contributed by atoms with E-state index in [2.05, 4.69) is 0 Å². The first kappa shape index (κ1) is 27.3. The third-order valence-corrected chi connectivity index (χ3v) is 10.3. The molecule has 0 N–H and O–H groups in total. The average Bonchev–Trinajstić information content (AvgIpc) is 3.72. The molecule has 1 amide bonds. The average molecular weight is 597 g/mol. The van der Waals surface area contributed by atoms with Gasteiger partial charge in [0.05, 0.1) is 41.4 Å². The summed E-state index contributed by atoms with van der Waals surface area (Å²) in [5.41, 5.74) is 2.71. The molecular weight excluding hydrogens is 569 g/mol. The molecular formula is C28H28N4O5S3. The van der Waals surface area contributed by atoms with E-state index < -0.39 is 10.0 Å². The molecule has 1 aromatic heterocycles. The summed E-state index contributed by atoms with van der Waals surface area (Å²) in [7, 11) is -3.70. The number of morpholine rings is 1. The fraction of sp³-hybridized carbons (Fsp3) is 0.321. The fourth-order valence-electron chi connectivity index (χ4n) is 4.96. The summed E-state index contributed by atoms with van der Waals surface area (Å²) in [4.78, 5) is 15.7. The van der Waals surface area contributed by atoms with Gasteiger partial charge in [0.1, 0.15) is 10.0 Å². The number of sulfonamides is 1. The van der Waals surface area contributed by atoms with E-state index in [4.69, 9.17) is 26.8 Å². The Morgan fingerprint density at radius 1 is 1.07 bits per heavy atom. The summed E-state index contributed by atoms with van der Waals surface area (Å²) in [6, 6.07) is 16.4. The minimum absolute atomic E-state index is 0.00519. The Bertz CT molecular complexity index is 1560. The van der Waals surface area contributed by atoms with Crippen LogP contribution in [0.5, 0.6) is 0 Å². The summed E-state index contributed by atoms with van der Waals surface area (Å²) in [5, 5.41) is 4.83. The van der Waals surface area contributed by atoms with Crippen molar-refractivity contribution in [1.29, 1.82) is 0 Å². The standard InChI is InChI=1S/C28H28N4O5S3/c33-27-25(39-28(38)31(27)19-23-9-5-13-37-23)17-21-18-32(22-7-2-1-3-8-22)29-26(21)20-6-4-10-24(16-20)40(34,35)30-11-14-36-15-12-30/h1-4,6-8,10,16-18,23H,5,9,11-15,19H2/b25-17-. The molecule has 12 heteroatoms. The van der Waals surface area contributed by atoms with Crippen LogP contribution in [0.1, 0.15) is 18.4 Å². The molecule has 2 aromatic carbocycles. The third kappa shape index (κ3) is 5.52. The maximum atomic E-state index is 13.4. The van der Waals surface area contributed by atoms with Crippen molar-refractivity contribution < 1.29 is 22.7 Å². The van der Waals surface area contributed by atoms with Crippen LogP contribution in [0.2, 0.25) is 0 Å². The number of carbonyl (C=O) groups excluding carboxylic acids is 1. The summed E-state index contributed by atoms with van der Waals surface area (Å²) in [6.45, 7) is 2.52. The number of carbonyl (C=O) groups is 1. The lowest BCUT2D eigenvalue weighted by molar-refractivity contribution is -0.123. The molecule has 0 saturated carbocycles. The van der Waals surface area contributed by atoms with Gasteiger partial charge < -0.3 is 9.47 Å². The predicted octanol–water partition coefficient (Wildman–Crippen LogP) is 3.94. The molecule has 0 aliphatic carbocycles. The normalized spacial score (nSPS) is 21.6. The Kier molecular flexibility index (Phi) is 7.89. The van der Waals surface area contributed by atoms with Crippen LogP contribution in [-0.4, -0.2) is 83.2 Å². The number of hydrogen-bond acceptors (Lipinski definition) is 8. The van der Waals surface area contributed by atoms with Gasteiger partial charge in [0.15, 0.2) is 0 Å². The SMILES string of the molecule is O=C1/C(=C/c2cn(-c3ccccc3)nc2-c2cccc(S(=O)(=O)N3CCOCC3)c2)SC(=S)N1CC1CCCO1. The van der Waals surface area contributed by atoms with Gasteiger partial charge >= 0.3 is 0 Å². The quantitative estimate of drug-likeness (QED) is 0.299. The number of hydrogen-bond donors (Lipinski definition) is 0. The minimum Gasteiger partial charge on any atom is -0.379 e. The molecule has 40 heavy (non-hydrogen) atoms. The highest BCUT2D eigenvalue weighted by Gasteiger charge is 2.35. The second-order valence-electron chi connectivity index (χ2n) is 9.68. The highest BCUT2D eigenvalue weighted by molar-refractivity contribution is 8.26. The van der Waals surface area contributed by atoms with E-state index in [9.17, 15) is 13.2 Å². The van der Waals surface area contributed by atoms with Gasteiger partial charge in [-0.05, 0) is 43.2 Å². The van der Waals surface area contributed by atoms with Crippen molar-refractivity contribution in [2.24, 2.45) is 0 Å². The number of para-hydroxylation sites is 1. The molecule has 3 aliphatic heterocycles. The van der Waals surface area contributed by atoms with Crippen molar-refractivity contribution in [2.45, 2.75) is 23.8 Å². The van der Waals surface area contributed by atoms with Crippen LogP contribution < -0.4 is 0 Å². The van der Waals surface area contributed by atoms with Crippen LogP contribution in [0.4, 0.5) is 0 Å². The van der Waals surface area contributed by atoms with E-state index in [0.29, 0.717) is 65.5 Å². The molecule has 1 atom stereocenters. The van der Waals surface area contributed by atoms with Crippen molar-refractivity contribution >= 4 is 50.3 Å². The van der Waals surface area contributed by atoms with Crippen LogP contribution in [-0.2, 0) is 24.3 Å². The summed E-state index contributed by atoms with van der Waals surface area (Å²) in [6.07, 6.45) is 5.53. The number of aromatic nitrogens is 2. The lowest BCUT2D eigenvalue weighted by Gasteiger charge is -2.26. The lowest BCUT2D eigenvalue weighted by Crippen LogP contribution is -2.40. The zero-order valence-corrected chi connectivity index (χ0v) is 24.1. The predicted molar refractivity (Wildman–Crippen MR) is 157 cm³/mol. The van der Waals surface area contributed by atoms with Crippen molar-refractivity contribution in [1.82, 2.24) is 19.0 Å². The van der Waals surface area contributed by atoms with Gasteiger partial charge in [-0.15, -0.1) is 0 Å². The van der Waals surface area contributed by atoms with Crippen molar-refractivity contribution in [3.05, 3.63) is 71.3 Å². The number of nitrogens with zero attached hydrogens (tertiary/aromatic N) is 4. The van der Waals surface area contributed by atoms with E-state index in [0.717, 1.165) is 18.5 Å². The first-order valence-electron chi connectivity index (χ1n) is 13.1. The second-order valence-corrected chi connectivity index (χ2v) is 13.3. The molecule has 208 valence electrons. The highest BCUT2D eigenvalue weighted by Crippen LogP contribution is 2.36. The second kappa shape index (κ2) is 11.6. The molecule has 4 heterocycles. The van der Waals surface area contributed by atoms with Crippen molar-refractivity contribution in [3.63, 3.8) is 0 Å². The van der Waals surface area contributed by atoms with Gasteiger partial charge in [0.2, 0.25) is 10.0 Å². The number of rotatable bonds is 7. The molecule has 0 spiro atoms. The molecule has 9 nitrogen and oxygen atoms in total. The van der Waals surface area contributed by atoms with Crippen LogP contribution in [0.25, 0.3) is 23.0 Å². The number of thiocarbonyl (C=S) groups is 1. The first-order chi connectivity index (χ1) is 19.4. The summed E-state index contributed by atoms with van der Waals surface area (Å²) >= 11 is 6.80. The van der Waals surface area contributed by atoms with Crippen LogP contribution in [0, 0.1) is 0 Å². The fourth-order valence-corrected chi connectivity index (χ4v) is 7.68. The highest BCUT2D eigenvalue weighted by atomic mass is 32.2. The number of ether oxygens (including phenoxy) is 2. The zero-order valence-electron chi connectivity index (χ0n) is 21.6. The van der Waals surface area contributed by atoms with Crippen LogP contribution in [0.15, 0.2) is 70.6 Å². The lowest BCUT2D eigenvalue weighted by atomic mass is 10.1. The first-order valence-corrected chi connectivity index (χ1v) is 15.8. The molecule has 0 bridgehead atoms. The Morgan fingerprint density at radius 3 is 2.62 bits per heavy atom. The van der Waals surface area contributed by atoms with E-state index in [1.165, 1.54) is 16.1 Å². The molecule has 1 unspecified atom stereocenters. The molecule has 3 saturated heterocycles. The molecule has 3 fully saturated rings. The Labute approximate surface area is 242 Å². The summed E-state index contributed by atoms with van der Waals surface area (Å²) in [5.74, 6) is -0.160. The monoisotopic (exact) mass is 596 g/mol. The number of thioether (sulfide) groups is 1. The van der Waals surface area contributed by atoms with Gasteiger partial charge in [-0.25, -0.2) is 13.1 Å². The maximum absolute atomic E-state index is 13.4. The van der Waals surface area contributed by atoms with E-state index in [1.807, 2.05) is 42.6 Å². The Balaban J connectivity index is 1.38. The van der Waals surface area contributed by atoms with Gasteiger partial charge in [-0.2, -0.15) is 9.40 Å². The van der Waals surface area contributed by atoms with Gasteiger partial charge in [-0.3, -0.25) is 9.69 Å². The molecule has 3 aliphatic rings. The van der Waals surface area contributed by atoms with E-state index >= 15 is 0 Å². The van der Waals surface area contributed by atoms with Crippen LogP contribution >= 0.6 is 24.0 Å². The van der Waals surface area contributed by atoms with E-state index in [-0.39, 0.29) is 16.9 Å². The largest absolute Gasteiger partial charge is 0.379 e. The van der Waals surface area contributed by atoms with Gasteiger partial charge in [0, 0.05) is 37.0 Å². The minimum atomic E-state index is -3.70. The molecule has 3 aromatic rings. The topological polar surface area (TPSA) is 94.0 Å². The number of amides is 1. The van der Waals surface area contributed by atoms with Crippen molar-refractivity contribution in [3.8, 4) is 16.9 Å². The third-order valence-electron chi connectivity index (χ3n) is 7.05. The van der Waals surface area contributed by atoms with Gasteiger partial charge in [-0.1, -0.05) is 54.3 Å². The molecule has 6 rings (SSSR count).